The van der Waals surface area contributed by atoms with Crippen molar-refractivity contribution in [2.45, 2.75) is 39.7 Å². The Balaban J connectivity index is 1.68. The maximum atomic E-state index is 12.2. The molecule has 4 heteroatoms. The van der Waals surface area contributed by atoms with Crippen molar-refractivity contribution in [3.05, 3.63) is 52.6 Å². The Morgan fingerprint density at radius 2 is 1.92 bits per heavy atom. The number of benzene rings is 2. The lowest BCUT2D eigenvalue weighted by molar-refractivity contribution is 0.0458. The number of carbonyl (C=O) groups is 2. The molecule has 2 aromatic rings. The van der Waals surface area contributed by atoms with E-state index in [1.807, 2.05) is 32.0 Å². The number of aryl methyl sites for hydroxylation is 1. The molecule has 0 atom stereocenters. The van der Waals surface area contributed by atoms with Crippen molar-refractivity contribution in [3.8, 4) is 16.9 Å². The fourth-order valence-electron chi connectivity index (χ4n) is 3.58. The number of esters is 1. The van der Waals surface area contributed by atoms with Gasteiger partial charge in [0.15, 0.2) is 5.78 Å². The van der Waals surface area contributed by atoms with Crippen LogP contribution in [0.15, 0.2) is 30.3 Å². The topological polar surface area (TPSA) is 52.6 Å². The largest absolute Gasteiger partial charge is 0.488 e. The number of Topliss-reactive ketones (excluding diaryl/α,β-unsaturated/α-hetero) is 1. The first-order chi connectivity index (χ1) is 12.5. The van der Waals surface area contributed by atoms with Crippen LogP contribution in [0.2, 0.25) is 0 Å². The van der Waals surface area contributed by atoms with E-state index in [9.17, 15) is 9.59 Å². The minimum Gasteiger partial charge on any atom is -0.488 e. The summed E-state index contributed by atoms with van der Waals surface area (Å²) in [5.74, 6) is 0.956. The summed E-state index contributed by atoms with van der Waals surface area (Å²) in [6, 6.07) is 9.59. The number of ketones is 1. The predicted molar refractivity (Wildman–Crippen MR) is 98.6 cm³/mol. The van der Waals surface area contributed by atoms with Crippen molar-refractivity contribution in [2.24, 2.45) is 5.92 Å². The van der Waals surface area contributed by atoms with Crippen molar-refractivity contribution in [1.82, 2.24) is 0 Å². The molecule has 0 saturated heterocycles. The van der Waals surface area contributed by atoms with Crippen molar-refractivity contribution in [3.63, 3.8) is 0 Å². The Hall–Kier alpha value is -2.62. The van der Waals surface area contributed by atoms with E-state index in [0.29, 0.717) is 31.1 Å². The average molecular weight is 350 g/mol. The number of carbonyl (C=O) groups excluding carboxylic acids is 2. The summed E-state index contributed by atoms with van der Waals surface area (Å²) in [4.78, 5) is 24.3. The molecule has 0 saturated carbocycles. The molecule has 1 aliphatic heterocycles. The average Bonchev–Trinajstić information content (AvgIpc) is 2.64. The second kappa shape index (κ2) is 6.60. The molecule has 1 heterocycles. The van der Waals surface area contributed by atoms with Crippen molar-refractivity contribution < 1.29 is 19.1 Å². The van der Waals surface area contributed by atoms with Gasteiger partial charge in [-0.05, 0) is 59.7 Å². The van der Waals surface area contributed by atoms with E-state index in [1.165, 1.54) is 0 Å². The van der Waals surface area contributed by atoms with Gasteiger partial charge in [-0.15, -0.1) is 0 Å². The fourth-order valence-corrected chi connectivity index (χ4v) is 3.58. The maximum Gasteiger partial charge on any atom is 0.338 e. The molecule has 0 amide bonds. The monoisotopic (exact) mass is 350 g/mol. The van der Waals surface area contributed by atoms with Crippen LogP contribution in [0.4, 0.5) is 0 Å². The van der Waals surface area contributed by atoms with E-state index in [1.54, 1.807) is 6.07 Å². The Morgan fingerprint density at radius 3 is 2.73 bits per heavy atom. The lowest BCUT2D eigenvalue weighted by Crippen LogP contribution is -2.15. The van der Waals surface area contributed by atoms with E-state index in [0.717, 1.165) is 46.4 Å². The van der Waals surface area contributed by atoms with Gasteiger partial charge in [-0.3, -0.25) is 4.79 Å². The first kappa shape index (κ1) is 16.8. The highest BCUT2D eigenvalue weighted by Gasteiger charge is 2.25. The number of fused-ring (bicyclic) bond motifs is 4. The van der Waals surface area contributed by atoms with Crippen LogP contribution in [0.3, 0.4) is 0 Å². The Kier molecular flexibility index (Phi) is 4.27. The number of rotatable bonds is 3. The molecule has 2 aromatic carbocycles. The van der Waals surface area contributed by atoms with Gasteiger partial charge in [0.2, 0.25) is 0 Å². The van der Waals surface area contributed by atoms with Gasteiger partial charge >= 0.3 is 5.97 Å². The summed E-state index contributed by atoms with van der Waals surface area (Å²) < 4.78 is 11.2. The van der Waals surface area contributed by atoms with Gasteiger partial charge in [-0.1, -0.05) is 19.9 Å². The summed E-state index contributed by atoms with van der Waals surface area (Å²) in [5.41, 5.74) is 5.47. The zero-order chi connectivity index (χ0) is 18.3. The van der Waals surface area contributed by atoms with Crippen LogP contribution in [-0.4, -0.2) is 18.4 Å². The van der Waals surface area contributed by atoms with Crippen LogP contribution in [0.1, 0.15) is 58.5 Å². The summed E-state index contributed by atoms with van der Waals surface area (Å²) in [7, 11) is 0. The van der Waals surface area contributed by atoms with Crippen LogP contribution in [-0.2, 0) is 17.8 Å². The number of hydrogen-bond acceptors (Lipinski definition) is 4. The van der Waals surface area contributed by atoms with E-state index >= 15 is 0 Å². The van der Waals surface area contributed by atoms with Crippen LogP contribution in [0.5, 0.6) is 5.75 Å². The third-order valence-electron chi connectivity index (χ3n) is 4.92. The molecule has 0 N–H and O–H groups in total. The molecule has 4 rings (SSSR count). The molecule has 4 nitrogen and oxygen atoms in total. The number of hydrogen-bond donors (Lipinski definition) is 0. The van der Waals surface area contributed by atoms with Gasteiger partial charge in [0.25, 0.3) is 0 Å². The van der Waals surface area contributed by atoms with Gasteiger partial charge in [-0.25, -0.2) is 4.79 Å². The van der Waals surface area contributed by atoms with Gasteiger partial charge in [0.05, 0.1) is 12.2 Å². The smallest absolute Gasteiger partial charge is 0.338 e. The molecular weight excluding hydrogens is 328 g/mol. The van der Waals surface area contributed by atoms with Crippen molar-refractivity contribution >= 4 is 11.8 Å². The molecule has 0 unspecified atom stereocenters. The Labute approximate surface area is 153 Å². The van der Waals surface area contributed by atoms with Gasteiger partial charge in [-0.2, -0.15) is 0 Å². The van der Waals surface area contributed by atoms with Crippen LogP contribution >= 0.6 is 0 Å². The maximum absolute atomic E-state index is 12.2. The Morgan fingerprint density at radius 1 is 1.08 bits per heavy atom. The highest BCUT2D eigenvalue weighted by Crippen LogP contribution is 2.41. The fraction of sp³-hybridized carbons (Fsp3) is 0.364. The van der Waals surface area contributed by atoms with Crippen molar-refractivity contribution in [1.29, 1.82) is 0 Å². The quantitative estimate of drug-likeness (QED) is 0.761. The molecule has 1 aliphatic carbocycles. The van der Waals surface area contributed by atoms with E-state index in [4.69, 9.17) is 9.47 Å². The van der Waals surface area contributed by atoms with E-state index < -0.39 is 0 Å². The molecule has 0 aromatic heterocycles. The lowest BCUT2D eigenvalue weighted by Gasteiger charge is -2.25. The zero-order valence-corrected chi connectivity index (χ0v) is 15.1. The van der Waals surface area contributed by atoms with Gasteiger partial charge in [0, 0.05) is 17.5 Å². The number of ether oxygens (including phenoxy) is 2. The van der Waals surface area contributed by atoms with Crippen LogP contribution in [0.25, 0.3) is 11.1 Å². The third-order valence-corrected chi connectivity index (χ3v) is 4.92. The summed E-state index contributed by atoms with van der Waals surface area (Å²) in [5, 5.41) is 0. The molecule has 0 spiro atoms. The normalized spacial score (nSPS) is 15.0. The van der Waals surface area contributed by atoms with E-state index in [2.05, 4.69) is 6.07 Å². The minimum atomic E-state index is -0.302. The summed E-state index contributed by atoms with van der Waals surface area (Å²) >= 11 is 0. The lowest BCUT2D eigenvalue weighted by atomic mass is 9.86. The third kappa shape index (κ3) is 3.00. The zero-order valence-electron chi connectivity index (χ0n) is 15.1. The molecule has 0 radical (unpaired) electrons. The highest BCUT2D eigenvalue weighted by molar-refractivity contribution is 6.00. The molecule has 26 heavy (non-hydrogen) atoms. The van der Waals surface area contributed by atoms with Gasteiger partial charge < -0.3 is 9.47 Å². The summed E-state index contributed by atoms with van der Waals surface area (Å²) in [6.07, 6.45) is 2.44. The molecular formula is C22H22O4. The second-order valence-electron chi connectivity index (χ2n) is 7.44. The standard InChI is InChI=1S/C22H22O4/c1-13(2)11-26-22(24)15-6-7-17-16(8-15)12-25-21-10-18-14(9-19(17)21)4-3-5-20(18)23/h6-10,13H,3-5,11-12H2,1-2H3. The Bertz CT molecular complexity index is 895. The van der Waals surface area contributed by atoms with Crippen LogP contribution in [0, 0.1) is 5.92 Å². The first-order valence-electron chi connectivity index (χ1n) is 9.16. The second-order valence-corrected chi connectivity index (χ2v) is 7.44. The minimum absolute atomic E-state index is 0.201. The highest BCUT2D eigenvalue weighted by atomic mass is 16.5. The molecule has 0 fully saturated rings. The summed E-state index contributed by atoms with van der Waals surface area (Å²) in [6.45, 7) is 4.82. The molecule has 2 aliphatic rings. The van der Waals surface area contributed by atoms with Crippen LogP contribution < -0.4 is 4.74 Å². The molecule has 134 valence electrons. The molecule has 0 bridgehead atoms. The SMILES string of the molecule is CC(C)COC(=O)c1ccc2c(c1)COc1cc3c(cc1-2)CCCC3=O. The van der Waals surface area contributed by atoms with Gasteiger partial charge in [0.1, 0.15) is 12.4 Å². The predicted octanol–water partition coefficient (Wildman–Crippen LogP) is 4.58. The van der Waals surface area contributed by atoms with Crippen molar-refractivity contribution in [2.75, 3.05) is 6.61 Å². The van der Waals surface area contributed by atoms with E-state index in [-0.39, 0.29) is 11.8 Å². The first-order valence-corrected chi connectivity index (χ1v) is 9.16.